The number of nitrogens with two attached hydrogens (primary N) is 1. The molecule has 0 bridgehead atoms. The minimum atomic E-state index is 0.444. The van der Waals surface area contributed by atoms with Crippen LogP contribution in [-0.2, 0) is 6.42 Å². The van der Waals surface area contributed by atoms with E-state index in [1.54, 1.807) is 16.9 Å². The number of fused-ring (bicyclic) bond motifs is 3. The number of aromatic nitrogens is 2. The molecule has 0 spiro atoms. The summed E-state index contributed by atoms with van der Waals surface area (Å²) < 4.78 is 11.7. The Morgan fingerprint density at radius 1 is 1.23 bits per heavy atom. The summed E-state index contributed by atoms with van der Waals surface area (Å²) in [5.74, 6) is 3.68. The van der Waals surface area contributed by atoms with Crippen molar-refractivity contribution in [2.45, 2.75) is 53.4 Å². The van der Waals surface area contributed by atoms with Crippen LogP contribution in [0.25, 0.3) is 22.2 Å². The lowest BCUT2D eigenvalue weighted by molar-refractivity contribution is 0.309. The Labute approximate surface area is 181 Å². The summed E-state index contributed by atoms with van der Waals surface area (Å²) in [4.78, 5) is 7.35. The van der Waals surface area contributed by atoms with Crippen LogP contribution in [0.4, 0.5) is 0 Å². The molecule has 2 aromatic heterocycles. The second-order valence-electron chi connectivity index (χ2n) is 9.34. The van der Waals surface area contributed by atoms with E-state index in [4.69, 9.17) is 20.0 Å². The molecule has 2 aliphatic rings. The van der Waals surface area contributed by atoms with Crippen LogP contribution in [0.5, 0.6) is 5.75 Å². The van der Waals surface area contributed by atoms with Gasteiger partial charge in [-0.1, -0.05) is 19.0 Å². The SMILES string of the molecule is Cc1cc(-c2noc(-c3sc(C)c4c3C[C@@H]3[C@H]4C3(C)C)n2)cc(C)c1OCCCN. The van der Waals surface area contributed by atoms with Crippen molar-refractivity contribution in [2.24, 2.45) is 17.1 Å². The molecular weight excluding hydrogens is 394 g/mol. The van der Waals surface area contributed by atoms with Gasteiger partial charge in [0.05, 0.1) is 11.5 Å². The number of hydrogen-bond acceptors (Lipinski definition) is 6. The maximum absolute atomic E-state index is 5.91. The topological polar surface area (TPSA) is 74.2 Å². The fourth-order valence-corrected chi connectivity index (χ4v) is 6.46. The van der Waals surface area contributed by atoms with Gasteiger partial charge in [-0.2, -0.15) is 4.98 Å². The fraction of sp³-hybridized carbons (Fsp3) is 0.500. The molecule has 3 aromatic rings. The molecule has 2 heterocycles. The maximum Gasteiger partial charge on any atom is 0.268 e. The first-order valence-corrected chi connectivity index (χ1v) is 11.5. The van der Waals surface area contributed by atoms with Crippen LogP contribution in [0.2, 0.25) is 0 Å². The first kappa shape index (κ1) is 19.8. The van der Waals surface area contributed by atoms with Gasteiger partial charge in [0.2, 0.25) is 5.82 Å². The van der Waals surface area contributed by atoms with E-state index in [-0.39, 0.29) is 0 Å². The number of hydrogen-bond donors (Lipinski definition) is 1. The van der Waals surface area contributed by atoms with Crippen molar-refractivity contribution in [1.29, 1.82) is 0 Å². The lowest BCUT2D eigenvalue weighted by Crippen LogP contribution is -2.07. The van der Waals surface area contributed by atoms with Crippen molar-refractivity contribution in [2.75, 3.05) is 13.2 Å². The molecule has 2 aliphatic carbocycles. The molecule has 5 nitrogen and oxygen atoms in total. The number of thiophene rings is 1. The Balaban J connectivity index is 1.44. The molecule has 0 unspecified atom stereocenters. The Morgan fingerprint density at radius 3 is 2.67 bits per heavy atom. The zero-order chi connectivity index (χ0) is 21.2. The molecule has 0 amide bonds. The fourth-order valence-electron chi connectivity index (χ4n) is 5.30. The van der Waals surface area contributed by atoms with Crippen molar-refractivity contribution < 1.29 is 9.26 Å². The highest BCUT2D eigenvalue weighted by molar-refractivity contribution is 7.15. The number of rotatable bonds is 6. The predicted molar refractivity (Wildman–Crippen MR) is 120 cm³/mol. The normalized spacial score (nSPS) is 20.9. The summed E-state index contributed by atoms with van der Waals surface area (Å²) in [6, 6.07) is 4.14. The lowest BCUT2D eigenvalue weighted by atomic mass is 9.95. The summed E-state index contributed by atoms with van der Waals surface area (Å²) in [6.07, 6.45) is 1.98. The van der Waals surface area contributed by atoms with Crippen LogP contribution in [0.3, 0.4) is 0 Å². The van der Waals surface area contributed by atoms with Crippen LogP contribution in [-0.4, -0.2) is 23.3 Å². The average molecular weight is 424 g/mol. The lowest BCUT2D eigenvalue weighted by Gasteiger charge is -2.12. The van der Waals surface area contributed by atoms with Crippen molar-refractivity contribution >= 4 is 11.3 Å². The molecule has 2 atom stereocenters. The van der Waals surface area contributed by atoms with Crippen LogP contribution in [0.1, 0.15) is 53.3 Å². The number of aryl methyl sites for hydroxylation is 3. The van der Waals surface area contributed by atoms with Crippen LogP contribution >= 0.6 is 11.3 Å². The van der Waals surface area contributed by atoms with E-state index in [9.17, 15) is 0 Å². The van der Waals surface area contributed by atoms with Crippen molar-refractivity contribution in [3.8, 4) is 27.9 Å². The second-order valence-corrected chi connectivity index (χ2v) is 10.6. The van der Waals surface area contributed by atoms with Gasteiger partial charge < -0.3 is 15.0 Å². The van der Waals surface area contributed by atoms with Gasteiger partial charge in [-0.05, 0) is 91.8 Å². The van der Waals surface area contributed by atoms with Crippen molar-refractivity contribution in [1.82, 2.24) is 10.1 Å². The zero-order valence-electron chi connectivity index (χ0n) is 18.3. The first-order valence-electron chi connectivity index (χ1n) is 10.7. The van der Waals surface area contributed by atoms with Crippen LogP contribution in [0.15, 0.2) is 16.7 Å². The van der Waals surface area contributed by atoms with Gasteiger partial charge in [-0.25, -0.2) is 0 Å². The Morgan fingerprint density at radius 2 is 1.97 bits per heavy atom. The highest BCUT2D eigenvalue weighted by Gasteiger charge is 2.63. The van der Waals surface area contributed by atoms with Crippen molar-refractivity contribution in [3.05, 3.63) is 39.3 Å². The molecule has 0 saturated heterocycles. The maximum atomic E-state index is 5.91. The molecule has 30 heavy (non-hydrogen) atoms. The van der Waals surface area contributed by atoms with E-state index < -0.39 is 0 Å². The molecule has 6 heteroatoms. The predicted octanol–water partition coefficient (Wildman–Crippen LogP) is 5.41. The first-order chi connectivity index (χ1) is 14.3. The van der Waals surface area contributed by atoms with E-state index in [1.165, 1.54) is 15.3 Å². The summed E-state index contributed by atoms with van der Waals surface area (Å²) in [6.45, 7) is 12.4. The summed E-state index contributed by atoms with van der Waals surface area (Å²) in [5, 5.41) is 4.31. The zero-order valence-corrected chi connectivity index (χ0v) is 19.2. The standard InChI is InChI=1S/C24H29N3O2S/c1-12-9-15(10-13(2)20(12)28-8-6-7-25)22-26-23(29-27-22)21-16-11-17-19(24(17,4)5)18(16)14(3)30-21/h9-10,17,19H,6-8,11,25H2,1-5H3/t17-,19-/m1/s1. The molecule has 1 fully saturated rings. The monoisotopic (exact) mass is 423 g/mol. The molecule has 2 N–H and O–H groups in total. The molecule has 5 rings (SSSR count). The van der Waals surface area contributed by atoms with Gasteiger partial charge in [0.25, 0.3) is 5.89 Å². The van der Waals surface area contributed by atoms with Gasteiger partial charge in [0.1, 0.15) is 5.75 Å². The highest BCUT2D eigenvalue weighted by Crippen LogP contribution is 2.72. The van der Waals surface area contributed by atoms with Gasteiger partial charge in [-0.3, -0.25) is 0 Å². The molecule has 1 aromatic carbocycles. The van der Waals surface area contributed by atoms with Crippen LogP contribution < -0.4 is 10.5 Å². The van der Waals surface area contributed by atoms with Gasteiger partial charge in [-0.15, -0.1) is 11.3 Å². The highest BCUT2D eigenvalue weighted by atomic mass is 32.1. The van der Waals surface area contributed by atoms with Gasteiger partial charge in [0.15, 0.2) is 0 Å². The smallest absolute Gasteiger partial charge is 0.268 e. The average Bonchev–Trinajstić information content (AvgIpc) is 3.19. The van der Waals surface area contributed by atoms with E-state index in [0.717, 1.165) is 41.2 Å². The Kier molecular flexibility index (Phi) is 4.56. The third-order valence-electron chi connectivity index (χ3n) is 6.95. The molecular formula is C24H29N3O2S. The summed E-state index contributed by atoms with van der Waals surface area (Å²) in [5.41, 5.74) is 12.1. The number of ether oxygens (including phenoxy) is 1. The van der Waals surface area contributed by atoms with Crippen LogP contribution in [0, 0.1) is 32.1 Å². The molecule has 1 saturated carbocycles. The van der Waals surface area contributed by atoms with Crippen molar-refractivity contribution in [3.63, 3.8) is 0 Å². The van der Waals surface area contributed by atoms with E-state index in [2.05, 4.69) is 51.9 Å². The Hall–Kier alpha value is -2.18. The molecule has 158 valence electrons. The second kappa shape index (κ2) is 6.92. The quantitative estimate of drug-likeness (QED) is 0.536. The third-order valence-corrected chi connectivity index (χ3v) is 8.10. The minimum absolute atomic E-state index is 0.444. The summed E-state index contributed by atoms with van der Waals surface area (Å²) in [7, 11) is 0. The van der Waals surface area contributed by atoms with Gasteiger partial charge >= 0.3 is 0 Å². The largest absolute Gasteiger partial charge is 0.493 e. The van der Waals surface area contributed by atoms with E-state index >= 15 is 0 Å². The summed E-state index contributed by atoms with van der Waals surface area (Å²) >= 11 is 1.80. The molecule has 0 aliphatic heterocycles. The minimum Gasteiger partial charge on any atom is -0.493 e. The Bertz CT molecular complexity index is 1100. The van der Waals surface area contributed by atoms with E-state index in [0.29, 0.717) is 36.2 Å². The third kappa shape index (κ3) is 2.92. The number of benzene rings is 1. The van der Waals surface area contributed by atoms with E-state index in [1.807, 2.05) is 0 Å². The van der Waals surface area contributed by atoms with Gasteiger partial charge in [0, 0.05) is 10.4 Å². The molecule has 0 radical (unpaired) electrons. The number of nitrogens with zero attached hydrogens (tertiary/aromatic N) is 2.